The molecule has 2 aromatic rings. The predicted molar refractivity (Wildman–Crippen MR) is 84.0 cm³/mol. The highest BCUT2D eigenvalue weighted by molar-refractivity contribution is 7.80. The monoisotopic (exact) mass is 316 g/mol. The quantitative estimate of drug-likeness (QED) is 0.826. The van der Waals surface area contributed by atoms with E-state index in [0.29, 0.717) is 16.6 Å². The lowest BCUT2D eigenvalue weighted by Gasteiger charge is -2.10. The van der Waals surface area contributed by atoms with Gasteiger partial charge >= 0.3 is 0 Å². The number of thiocarbonyl (C=S) groups is 1. The Balaban J connectivity index is 2.16. The molecule has 1 heterocycles. The SMILES string of the molecule is NC(=S)c1cc(Cl)ccc1NCc1ccc(Cl)s1. The summed E-state index contributed by atoms with van der Waals surface area (Å²) >= 11 is 18.3. The van der Waals surface area contributed by atoms with Crippen molar-refractivity contribution in [2.45, 2.75) is 6.54 Å². The third kappa shape index (κ3) is 3.36. The van der Waals surface area contributed by atoms with Crippen LogP contribution in [0.5, 0.6) is 0 Å². The third-order valence-corrected chi connectivity index (χ3v) is 4.02. The van der Waals surface area contributed by atoms with Crippen molar-refractivity contribution < 1.29 is 0 Å². The average Bonchev–Trinajstić information content (AvgIpc) is 2.73. The van der Waals surface area contributed by atoms with Crippen LogP contribution in [-0.2, 0) is 6.54 Å². The average molecular weight is 317 g/mol. The maximum absolute atomic E-state index is 5.92. The second-order valence-corrected chi connectivity index (χ2v) is 6.29. The zero-order valence-electron chi connectivity index (χ0n) is 9.24. The number of anilines is 1. The molecule has 0 fully saturated rings. The summed E-state index contributed by atoms with van der Waals surface area (Å²) in [5, 5.41) is 3.89. The lowest BCUT2D eigenvalue weighted by Crippen LogP contribution is -2.13. The van der Waals surface area contributed by atoms with Crippen LogP contribution >= 0.6 is 46.8 Å². The number of nitrogens with one attached hydrogen (secondary N) is 1. The number of halogens is 2. The van der Waals surface area contributed by atoms with E-state index >= 15 is 0 Å². The number of rotatable bonds is 4. The van der Waals surface area contributed by atoms with Gasteiger partial charge in [0.05, 0.1) is 4.34 Å². The van der Waals surface area contributed by atoms with Gasteiger partial charge in [-0.1, -0.05) is 35.4 Å². The smallest absolute Gasteiger partial charge is 0.106 e. The Bertz CT molecular complexity index is 581. The molecule has 0 aliphatic carbocycles. The third-order valence-electron chi connectivity index (χ3n) is 2.33. The largest absolute Gasteiger partial charge is 0.389 e. The van der Waals surface area contributed by atoms with Crippen molar-refractivity contribution in [2.75, 3.05) is 5.32 Å². The van der Waals surface area contributed by atoms with Crippen molar-refractivity contribution in [1.29, 1.82) is 0 Å². The topological polar surface area (TPSA) is 38.0 Å². The summed E-state index contributed by atoms with van der Waals surface area (Å²) in [4.78, 5) is 1.47. The number of benzene rings is 1. The highest BCUT2D eigenvalue weighted by Gasteiger charge is 2.06. The van der Waals surface area contributed by atoms with E-state index in [-0.39, 0.29) is 0 Å². The summed E-state index contributed by atoms with van der Waals surface area (Å²) in [5.74, 6) is 0. The molecule has 0 saturated carbocycles. The second kappa shape index (κ2) is 5.89. The van der Waals surface area contributed by atoms with Crippen LogP contribution in [0.2, 0.25) is 9.36 Å². The molecular weight excluding hydrogens is 307 g/mol. The van der Waals surface area contributed by atoms with Crippen molar-refractivity contribution >= 4 is 57.4 Å². The van der Waals surface area contributed by atoms with E-state index in [2.05, 4.69) is 5.32 Å². The van der Waals surface area contributed by atoms with Crippen molar-refractivity contribution in [3.8, 4) is 0 Å². The van der Waals surface area contributed by atoms with E-state index < -0.39 is 0 Å². The van der Waals surface area contributed by atoms with Gasteiger partial charge in [0.1, 0.15) is 4.99 Å². The summed E-state index contributed by atoms with van der Waals surface area (Å²) < 4.78 is 0.775. The molecule has 18 heavy (non-hydrogen) atoms. The molecule has 0 aliphatic rings. The lowest BCUT2D eigenvalue weighted by atomic mass is 10.1. The molecular formula is C12H10Cl2N2S2. The maximum Gasteiger partial charge on any atom is 0.106 e. The van der Waals surface area contributed by atoms with Crippen LogP contribution < -0.4 is 11.1 Å². The molecule has 0 atom stereocenters. The first-order chi connectivity index (χ1) is 8.56. The molecule has 0 unspecified atom stereocenters. The molecule has 0 radical (unpaired) electrons. The van der Waals surface area contributed by atoms with Crippen molar-refractivity contribution in [3.05, 3.63) is 50.1 Å². The van der Waals surface area contributed by atoms with E-state index in [1.54, 1.807) is 12.1 Å². The second-order valence-electron chi connectivity index (χ2n) is 3.61. The van der Waals surface area contributed by atoms with Crippen molar-refractivity contribution in [1.82, 2.24) is 0 Å². The van der Waals surface area contributed by atoms with Crippen molar-refractivity contribution in [2.24, 2.45) is 5.73 Å². The van der Waals surface area contributed by atoms with Crippen LogP contribution in [0.15, 0.2) is 30.3 Å². The standard InChI is InChI=1S/C12H10Cl2N2S2/c13-7-1-3-10(9(5-7)12(15)17)16-6-8-2-4-11(14)18-8/h1-5,16H,6H2,(H2,15,17). The van der Waals surface area contributed by atoms with Crippen LogP contribution in [0.1, 0.15) is 10.4 Å². The molecule has 2 rings (SSSR count). The van der Waals surface area contributed by atoms with Gasteiger partial charge in [-0.15, -0.1) is 11.3 Å². The predicted octanol–water partition coefficient (Wildman–Crippen LogP) is 4.30. The number of thiophene rings is 1. The Labute approximate surface area is 125 Å². The Morgan fingerprint density at radius 1 is 1.28 bits per heavy atom. The molecule has 1 aromatic carbocycles. The first-order valence-corrected chi connectivity index (χ1v) is 7.12. The summed E-state index contributed by atoms with van der Waals surface area (Å²) in [5.41, 5.74) is 7.29. The number of hydrogen-bond acceptors (Lipinski definition) is 3. The molecule has 0 saturated heterocycles. The number of hydrogen-bond donors (Lipinski definition) is 2. The number of nitrogens with two attached hydrogens (primary N) is 1. The molecule has 2 nitrogen and oxygen atoms in total. The normalized spacial score (nSPS) is 10.3. The molecule has 1 aromatic heterocycles. The Morgan fingerprint density at radius 3 is 2.67 bits per heavy atom. The fraction of sp³-hybridized carbons (Fsp3) is 0.0833. The molecule has 0 amide bonds. The van der Waals surface area contributed by atoms with Crippen LogP contribution in [0, 0.1) is 0 Å². The highest BCUT2D eigenvalue weighted by Crippen LogP contribution is 2.24. The Kier molecular flexibility index (Phi) is 4.45. The van der Waals surface area contributed by atoms with Crippen LogP contribution in [0.3, 0.4) is 0 Å². The highest BCUT2D eigenvalue weighted by atomic mass is 35.5. The fourth-order valence-corrected chi connectivity index (χ4v) is 2.87. The minimum atomic E-state index is 0.323. The Morgan fingerprint density at radius 2 is 2.06 bits per heavy atom. The summed E-state index contributed by atoms with van der Waals surface area (Å²) in [6.07, 6.45) is 0. The maximum atomic E-state index is 5.92. The first kappa shape index (κ1) is 13.6. The van der Waals surface area contributed by atoms with E-state index in [1.165, 1.54) is 11.3 Å². The minimum absolute atomic E-state index is 0.323. The van der Waals surface area contributed by atoms with Gasteiger partial charge in [-0.3, -0.25) is 0 Å². The van der Waals surface area contributed by atoms with Crippen LogP contribution in [-0.4, -0.2) is 4.99 Å². The van der Waals surface area contributed by atoms with Gasteiger partial charge in [0.2, 0.25) is 0 Å². The molecule has 6 heteroatoms. The fourth-order valence-electron chi connectivity index (χ4n) is 1.50. The van der Waals surface area contributed by atoms with Gasteiger partial charge in [-0.2, -0.15) is 0 Å². The van der Waals surface area contributed by atoms with Crippen LogP contribution in [0.25, 0.3) is 0 Å². The van der Waals surface area contributed by atoms with Gasteiger partial charge < -0.3 is 11.1 Å². The van der Waals surface area contributed by atoms with E-state index in [4.69, 9.17) is 41.2 Å². The zero-order valence-corrected chi connectivity index (χ0v) is 12.4. The molecule has 0 spiro atoms. The summed E-state index contributed by atoms with van der Waals surface area (Å²) in [6.45, 7) is 0.675. The zero-order chi connectivity index (χ0) is 13.1. The molecule has 3 N–H and O–H groups in total. The lowest BCUT2D eigenvalue weighted by molar-refractivity contribution is 1.19. The van der Waals surface area contributed by atoms with Gasteiger partial charge in [0.15, 0.2) is 0 Å². The first-order valence-electron chi connectivity index (χ1n) is 5.13. The van der Waals surface area contributed by atoms with Gasteiger partial charge in [-0.05, 0) is 30.3 Å². The van der Waals surface area contributed by atoms with Gasteiger partial charge in [-0.25, -0.2) is 0 Å². The van der Waals surface area contributed by atoms with Crippen molar-refractivity contribution in [3.63, 3.8) is 0 Å². The van der Waals surface area contributed by atoms with Crippen LogP contribution in [0.4, 0.5) is 5.69 Å². The molecule has 0 bridgehead atoms. The molecule has 0 aliphatic heterocycles. The minimum Gasteiger partial charge on any atom is -0.389 e. The molecule has 94 valence electrons. The summed E-state index contributed by atoms with van der Waals surface area (Å²) in [7, 11) is 0. The van der Waals surface area contributed by atoms with Gasteiger partial charge in [0.25, 0.3) is 0 Å². The Hall–Kier alpha value is -0.810. The van der Waals surface area contributed by atoms with E-state index in [9.17, 15) is 0 Å². The summed E-state index contributed by atoms with van der Waals surface area (Å²) in [6, 6.07) is 9.28. The van der Waals surface area contributed by atoms with E-state index in [1.807, 2.05) is 18.2 Å². The van der Waals surface area contributed by atoms with E-state index in [0.717, 1.165) is 20.5 Å². The van der Waals surface area contributed by atoms with Gasteiger partial charge in [0, 0.05) is 27.7 Å².